The second-order valence-corrected chi connectivity index (χ2v) is 8.57. The Kier molecular flexibility index (Phi) is 8.25. The lowest BCUT2D eigenvalue weighted by atomic mass is 10.2. The van der Waals surface area contributed by atoms with Gasteiger partial charge in [-0.05, 0) is 27.0 Å². The molecule has 22 heavy (non-hydrogen) atoms. The molecule has 1 heterocycles. The van der Waals surface area contributed by atoms with Crippen LogP contribution in [0.1, 0.15) is 51.2 Å². The van der Waals surface area contributed by atoms with E-state index in [0.29, 0.717) is 5.92 Å². The first-order valence-electron chi connectivity index (χ1n) is 7.89. The van der Waals surface area contributed by atoms with Gasteiger partial charge in [0.2, 0.25) is 0 Å². The molecule has 4 nitrogen and oxygen atoms in total. The van der Waals surface area contributed by atoms with Crippen LogP contribution in [0.25, 0.3) is 0 Å². The summed E-state index contributed by atoms with van der Waals surface area (Å²) >= 11 is 3.60. The summed E-state index contributed by atoms with van der Waals surface area (Å²) in [4.78, 5) is 9.34. The zero-order valence-corrected chi connectivity index (χ0v) is 16.3. The van der Waals surface area contributed by atoms with Crippen molar-refractivity contribution in [2.75, 3.05) is 25.9 Å². The summed E-state index contributed by atoms with van der Waals surface area (Å²) in [6.45, 7) is 13.4. The minimum Gasteiger partial charge on any atom is -0.357 e. The molecule has 0 bridgehead atoms. The van der Waals surface area contributed by atoms with Crippen LogP contribution in [0, 0.1) is 0 Å². The molecule has 0 aliphatic carbocycles. The number of aromatic nitrogens is 1. The molecule has 1 aromatic rings. The number of rotatable bonds is 8. The van der Waals surface area contributed by atoms with E-state index < -0.39 is 0 Å². The van der Waals surface area contributed by atoms with Crippen LogP contribution in [0.2, 0.25) is 0 Å². The molecule has 0 saturated carbocycles. The van der Waals surface area contributed by atoms with Crippen molar-refractivity contribution in [3.05, 3.63) is 16.1 Å². The quantitative estimate of drug-likeness (QED) is 0.561. The van der Waals surface area contributed by atoms with Crippen molar-refractivity contribution in [3.8, 4) is 0 Å². The Hall–Kier alpha value is -0.750. The second-order valence-electron chi connectivity index (χ2n) is 6.17. The summed E-state index contributed by atoms with van der Waals surface area (Å²) in [5.74, 6) is 1.41. The Bertz CT molecular complexity index is 466. The first-order valence-corrected chi connectivity index (χ1v) is 10.00. The molecule has 0 aliphatic heterocycles. The van der Waals surface area contributed by atoms with Gasteiger partial charge in [0.25, 0.3) is 0 Å². The Labute approximate surface area is 143 Å². The van der Waals surface area contributed by atoms with Crippen molar-refractivity contribution in [3.63, 3.8) is 0 Å². The average molecular weight is 343 g/mol. The van der Waals surface area contributed by atoms with E-state index in [9.17, 15) is 0 Å². The van der Waals surface area contributed by atoms with E-state index in [1.165, 1.54) is 10.7 Å². The maximum Gasteiger partial charge on any atom is 0.191 e. The molecule has 0 aromatic carbocycles. The maximum absolute atomic E-state index is 4.68. The number of nitrogens with zero attached hydrogens (tertiary/aromatic N) is 2. The third kappa shape index (κ3) is 7.01. The highest BCUT2D eigenvalue weighted by molar-refractivity contribution is 7.99. The summed E-state index contributed by atoms with van der Waals surface area (Å²) < 4.78 is 0.170. The molecule has 1 rings (SSSR count). The Morgan fingerprint density at radius 3 is 2.68 bits per heavy atom. The normalized spacial score (nSPS) is 12.8. The third-order valence-corrected chi connectivity index (χ3v) is 5.68. The number of hydrogen-bond acceptors (Lipinski definition) is 4. The molecule has 6 heteroatoms. The molecule has 2 N–H and O–H groups in total. The smallest absolute Gasteiger partial charge is 0.191 e. The van der Waals surface area contributed by atoms with E-state index in [1.807, 2.05) is 11.8 Å². The van der Waals surface area contributed by atoms with Crippen LogP contribution in [-0.2, 0) is 6.42 Å². The minimum absolute atomic E-state index is 0.170. The van der Waals surface area contributed by atoms with Crippen molar-refractivity contribution in [1.29, 1.82) is 0 Å². The van der Waals surface area contributed by atoms with Crippen molar-refractivity contribution in [1.82, 2.24) is 15.6 Å². The number of thioether (sulfide) groups is 1. The van der Waals surface area contributed by atoms with Crippen molar-refractivity contribution in [2.24, 2.45) is 4.99 Å². The first kappa shape index (κ1) is 19.3. The van der Waals surface area contributed by atoms with Crippen LogP contribution < -0.4 is 10.6 Å². The van der Waals surface area contributed by atoms with E-state index >= 15 is 0 Å². The molecule has 0 saturated heterocycles. The molecule has 126 valence electrons. The van der Waals surface area contributed by atoms with Crippen LogP contribution in [0.3, 0.4) is 0 Å². The van der Waals surface area contributed by atoms with Crippen LogP contribution in [0.4, 0.5) is 0 Å². The lowest BCUT2D eigenvalue weighted by Crippen LogP contribution is -2.39. The van der Waals surface area contributed by atoms with E-state index in [1.54, 1.807) is 11.3 Å². The van der Waals surface area contributed by atoms with Crippen LogP contribution in [0.15, 0.2) is 10.4 Å². The maximum atomic E-state index is 4.68. The highest BCUT2D eigenvalue weighted by Crippen LogP contribution is 2.21. The van der Waals surface area contributed by atoms with E-state index in [0.717, 1.165) is 32.0 Å². The molecule has 0 atom stereocenters. The summed E-state index contributed by atoms with van der Waals surface area (Å²) in [5, 5.41) is 10.1. The van der Waals surface area contributed by atoms with Gasteiger partial charge in [-0.2, -0.15) is 11.8 Å². The highest BCUT2D eigenvalue weighted by atomic mass is 32.2. The molecular weight excluding hydrogens is 312 g/mol. The van der Waals surface area contributed by atoms with Gasteiger partial charge >= 0.3 is 0 Å². The zero-order chi connectivity index (χ0) is 16.6. The Balaban J connectivity index is 2.48. The number of thiazole rings is 1. The summed E-state index contributed by atoms with van der Waals surface area (Å²) in [5.41, 5.74) is 1.17. The molecule has 0 unspecified atom stereocenters. The Morgan fingerprint density at radius 1 is 1.41 bits per heavy atom. The molecule has 0 radical (unpaired) electrons. The molecular formula is C16H30N4S2. The molecule has 0 amide bonds. The Morgan fingerprint density at radius 2 is 2.14 bits per heavy atom. The number of guanidine groups is 1. The van der Waals surface area contributed by atoms with Gasteiger partial charge in [-0.15, -0.1) is 11.3 Å². The van der Waals surface area contributed by atoms with Gasteiger partial charge in [0, 0.05) is 35.6 Å². The van der Waals surface area contributed by atoms with Crippen LogP contribution in [0.5, 0.6) is 0 Å². The number of aliphatic imine (C=N–C) groups is 1. The standard InChI is InChI=1S/C16H30N4S2/c1-7-17-15(19-11-16(4,5)21-6)18-9-8-13-10-22-14(20-13)12(2)3/h10,12H,7-9,11H2,1-6H3,(H2,17,18,19). The fraction of sp³-hybridized carbons (Fsp3) is 0.750. The lowest BCUT2D eigenvalue weighted by Gasteiger charge is -2.20. The van der Waals surface area contributed by atoms with Gasteiger partial charge in [0.15, 0.2) is 5.96 Å². The number of hydrogen-bond donors (Lipinski definition) is 2. The monoisotopic (exact) mass is 342 g/mol. The summed E-state index contributed by atoms with van der Waals surface area (Å²) in [6.07, 6.45) is 3.06. The van der Waals surface area contributed by atoms with Gasteiger partial charge in [0.1, 0.15) is 0 Å². The fourth-order valence-electron chi connectivity index (χ4n) is 1.69. The minimum atomic E-state index is 0.170. The van der Waals surface area contributed by atoms with Gasteiger partial charge in [-0.3, -0.25) is 4.99 Å². The van der Waals surface area contributed by atoms with E-state index in [-0.39, 0.29) is 4.75 Å². The van der Waals surface area contributed by atoms with Crippen LogP contribution >= 0.6 is 23.1 Å². The average Bonchev–Trinajstić information content (AvgIpc) is 2.94. The summed E-state index contributed by atoms with van der Waals surface area (Å²) in [7, 11) is 0. The molecule has 0 aliphatic rings. The highest BCUT2D eigenvalue weighted by Gasteiger charge is 2.15. The van der Waals surface area contributed by atoms with Gasteiger partial charge < -0.3 is 10.6 Å². The van der Waals surface area contributed by atoms with Crippen molar-refractivity contribution >= 4 is 29.1 Å². The largest absolute Gasteiger partial charge is 0.357 e. The van der Waals surface area contributed by atoms with Gasteiger partial charge in [0.05, 0.1) is 17.2 Å². The molecule has 1 aromatic heterocycles. The van der Waals surface area contributed by atoms with Crippen molar-refractivity contribution < 1.29 is 0 Å². The lowest BCUT2D eigenvalue weighted by molar-refractivity contribution is 0.709. The van der Waals surface area contributed by atoms with E-state index in [4.69, 9.17) is 0 Å². The zero-order valence-electron chi connectivity index (χ0n) is 14.7. The number of nitrogens with one attached hydrogen (secondary N) is 2. The summed E-state index contributed by atoms with van der Waals surface area (Å²) in [6, 6.07) is 0. The topological polar surface area (TPSA) is 49.3 Å². The molecule has 0 spiro atoms. The van der Waals surface area contributed by atoms with Crippen molar-refractivity contribution in [2.45, 2.75) is 51.7 Å². The van der Waals surface area contributed by atoms with E-state index in [2.05, 4.69) is 66.9 Å². The van der Waals surface area contributed by atoms with Gasteiger partial charge in [-0.1, -0.05) is 13.8 Å². The predicted octanol–water partition coefficient (Wildman–Crippen LogP) is 3.51. The fourth-order valence-corrected chi connectivity index (χ4v) is 2.75. The SMILES string of the molecule is CCNC(=NCC(C)(C)SC)NCCc1csc(C(C)C)n1. The first-order chi connectivity index (χ1) is 10.4. The molecule has 0 fully saturated rings. The second kappa shape index (κ2) is 9.40. The predicted molar refractivity (Wildman–Crippen MR) is 101 cm³/mol. The van der Waals surface area contributed by atoms with Gasteiger partial charge in [-0.25, -0.2) is 4.98 Å². The third-order valence-electron chi connectivity index (χ3n) is 3.25. The van der Waals surface area contributed by atoms with Crippen LogP contribution in [-0.4, -0.2) is 41.6 Å².